The molecule has 192 valence electrons. The Morgan fingerprint density at radius 2 is 1.82 bits per heavy atom. The van der Waals surface area contributed by atoms with Crippen molar-refractivity contribution in [3.05, 3.63) is 95.1 Å². The summed E-state index contributed by atoms with van der Waals surface area (Å²) < 4.78 is 14.6. The van der Waals surface area contributed by atoms with Gasteiger partial charge in [0.15, 0.2) is 0 Å². The topological polar surface area (TPSA) is 81.5 Å². The monoisotopic (exact) mass is 571 g/mol. The van der Waals surface area contributed by atoms with Crippen LogP contribution in [0.15, 0.2) is 89.5 Å². The highest BCUT2D eigenvalue weighted by Gasteiger charge is 2.13. The largest absolute Gasteiger partial charge is 0.496 e. The number of fused-ring (bicyclic) bond motifs is 1. The molecule has 9 heteroatoms. The molecular weight excluding hydrogens is 546 g/mol. The van der Waals surface area contributed by atoms with E-state index in [9.17, 15) is 4.79 Å². The Balaban J connectivity index is 1.31. The normalized spacial score (nSPS) is 10.8. The van der Waals surface area contributed by atoms with Gasteiger partial charge in [-0.3, -0.25) is 9.69 Å². The number of methoxy groups -OCH3 is 1. The molecule has 1 N–H and O–H groups in total. The Morgan fingerprint density at radius 1 is 1.03 bits per heavy atom. The number of amides is 1. The number of nitrogens with zero attached hydrogens (tertiary/aromatic N) is 4. The third-order valence-corrected chi connectivity index (χ3v) is 6.67. The maximum absolute atomic E-state index is 11.9. The highest BCUT2D eigenvalue weighted by Crippen LogP contribution is 2.29. The SMILES string of the molecule is COc1ccccc1CCN(C=O)c1cc(Oc2ccc3c(c2)nc(Nc2ccc(Br)cc2)n3C)ccn1. The van der Waals surface area contributed by atoms with Crippen LogP contribution in [0, 0.1) is 0 Å². The van der Waals surface area contributed by atoms with Crippen LogP contribution >= 0.6 is 15.9 Å². The molecule has 0 aliphatic rings. The van der Waals surface area contributed by atoms with Gasteiger partial charge in [0.05, 0.1) is 18.1 Å². The average Bonchev–Trinajstić information content (AvgIpc) is 3.24. The summed E-state index contributed by atoms with van der Waals surface area (Å²) in [6.07, 6.45) is 3.04. The van der Waals surface area contributed by atoms with Crippen LogP contribution in [0.2, 0.25) is 0 Å². The number of rotatable bonds is 10. The molecule has 0 aliphatic carbocycles. The minimum Gasteiger partial charge on any atom is -0.496 e. The van der Waals surface area contributed by atoms with Gasteiger partial charge in [-0.1, -0.05) is 34.1 Å². The van der Waals surface area contributed by atoms with E-state index in [0.717, 1.165) is 44.9 Å². The molecule has 0 aliphatic heterocycles. The van der Waals surface area contributed by atoms with Gasteiger partial charge in [-0.15, -0.1) is 0 Å². The van der Waals surface area contributed by atoms with Gasteiger partial charge < -0.3 is 19.4 Å². The maximum atomic E-state index is 11.9. The second kappa shape index (κ2) is 11.4. The van der Waals surface area contributed by atoms with E-state index in [-0.39, 0.29) is 0 Å². The van der Waals surface area contributed by atoms with E-state index in [1.165, 1.54) is 0 Å². The molecule has 0 spiro atoms. The molecule has 38 heavy (non-hydrogen) atoms. The van der Waals surface area contributed by atoms with Crippen LogP contribution in [0.25, 0.3) is 11.0 Å². The van der Waals surface area contributed by atoms with E-state index in [0.29, 0.717) is 30.3 Å². The predicted molar refractivity (Wildman–Crippen MR) is 153 cm³/mol. The van der Waals surface area contributed by atoms with Crippen molar-refractivity contribution in [2.45, 2.75) is 6.42 Å². The lowest BCUT2D eigenvalue weighted by atomic mass is 10.1. The molecule has 2 heterocycles. The van der Waals surface area contributed by atoms with Crippen molar-refractivity contribution in [1.29, 1.82) is 0 Å². The summed E-state index contributed by atoms with van der Waals surface area (Å²) in [6, 6.07) is 25.0. The lowest BCUT2D eigenvalue weighted by molar-refractivity contribution is -0.107. The first-order chi connectivity index (χ1) is 18.5. The molecule has 0 atom stereocenters. The second-order valence-corrected chi connectivity index (χ2v) is 9.50. The number of benzene rings is 3. The number of ether oxygens (including phenoxy) is 2. The van der Waals surface area contributed by atoms with Crippen molar-refractivity contribution < 1.29 is 14.3 Å². The van der Waals surface area contributed by atoms with Gasteiger partial charge >= 0.3 is 0 Å². The molecular formula is C29H26BrN5O3. The van der Waals surface area contributed by atoms with Crippen LogP contribution in [0.5, 0.6) is 17.2 Å². The fraction of sp³-hybridized carbons (Fsp3) is 0.138. The van der Waals surface area contributed by atoms with Crippen LogP contribution in [-0.4, -0.2) is 34.6 Å². The Labute approximate surface area is 229 Å². The standard InChI is InChI=1S/C29H26BrN5O3/c1-34-26-12-11-23(17-25(26)33-29(34)32-22-9-7-21(30)8-10-22)38-24-13-15-31-28(18-24)35(19-36)16-14-20-5-3-4-6-27(20)37-2/h3-13,15,17-19H,14,16H2,1-2H3,(H,32,33). The number of carbonyl (C=O) groups excluding carboxylic acids is 1. The number of aryl methyl sites for hydroxylation is 1. The number of nitrogens with one attached hydrogen (secondary N) is 1. The number of pyridine rings is 1. The summed E-state index contributed by atoms with van der Waals surface area (Å²) in [5.41, 5.74) is 3.73. The molecule has 5 aromatic rings. The van der Waals surface area contributed by atoms with Crippen molar-refractivity contribution in [2.24, 2.45) is 7.05 Å². The predicted octanol–water partition coefficient (Wildman–Crippen LogP) is 6.48. The summed E-state index contributed by atoms with van der Waals surface area (Å²) in [4.78, 5) is 22.5. The smallest absolute Gasteiger partial charge is 0.215 e. The van der Waals surface area contributed by atoms with E-state index >= 15 is 0 Å². The van der Waals surface area contributed by atoms with Crippen LogP contribution in [0.3, 0.4) is 0 Å². The molecule has 0 saturated heterocycles. The zero-order valence-corrected chi connectivity index (χ0v) is 22.6. The van der Waals surface area contributed by atoms with Gasteiger partial charge in [0.2, 0.25) is 12.4 Å². The number of hydrogen-bond acceptors (Lipinski definition) is 6. The van der Waals surface area contributed by atoms with Crippen molar-refractivity contribution in [3.63, 3.8) is 0 Å². The number of carbonyl (C=O) groups is 1. The Hall–Kier alpha value is -4.37. The number of anilines is 3. The number of aromatic nitrogens is 3. The van der Waals surface area contributed by atoms with Gasteiger partial charge in [0.25, 0.3) is 0 Å². The van der Waals surface area contributed by atoms with Gasteiger partial charge in [-0.25, -0.2) is 9.97 Å². The Bertz CT molecular complexity index is 1570. The van der Waals surface area contributed by atoms with Gasteiger partial charge in [0.1, 0.15) is 23.1 Å². The zero-order valence-electron chi connectivity index (χ0n) is 21.0. The third kappa shape index (κ3) is 5.63. The maximum Gasteiger partial charge on any atom is 0.215 e. The summed E-state index contributed by atoms with van der Waals surface area (Å²) in [5.74, 6) is 3.23. The van der Waals surface area contributed by atoms with E-state index in [1.807, 2.05) is 78.3 Å². The lowest BCUT2D eigenvalue weighted by Gasteiger charge is -2.18. The van der Waals surface area contributed by atoms with Crippen LogP contribution in [0.4, 0.5) is 17.5 Å². The summed E-state index contributed by atoms with van der Waals surface area (Å²) in [7, 11) is 3.60. The fourth-order valence-corrected chi connectivity index (χ4v) is 4.41. The van der Waals surface area contributed by atoms with E-state index in [1.54, 1.807) is 30.3 Å². The summed E-state index contributed by atoms with van der Waals surface area (Å²) in [6.45, 7) is 0.453. The highest BCUT2D eigenvalue weighted by molar-refractivity contribution is 9.10. The van der Waals surface area contributed by atoms with E-state index in [4.69, 9.17) is 14.5 Å². The zero-order chi connectivity index (χ0) is 26.5. The first kappa shape index (κ1) is 25.3. The summed E-state index contributed by atoms with van der Waals surface area (Å²) in [5, 5.41) is 3.35. The molecule has 0 radical (unpaired) electrons. The van der Waals surface area contributed by atoms with Crippen molar-refractivity contribution in [1.82, 2.24) is 14.5 Å². The minimum atomic E-state index is 0.453. The van der Waals surface area contributed by atoms with Gasteiger partial charge in [0, 0.05) is 42.1 Å². The van der Waals surface area contributed by atoms with Gasteiger partial charge in [-0.05, 0) is 60.5 Å². The third-order valence-electron chi connectivity index (χ3n) is 6.14. The molecule has 8 nitrogen and oxygen atoms in total. The van der Waals surface area contributed by atoms with Crippen molar-refractivity contribution in [2.75, 3.05) is 23.9 Å². The van der Waals surface area contributed by atoms with Gasteiger partial charge in [-0.2, -0.15) is 0 Å². The molecule has 3 aromatic carbocycles. The van der Waals surface area contributed by atoms with Crippen LogP contribution in [0.1, 0.15) is 5.56 Å². The molecule has 0 fully saturated rings. The van der Waals surface area contributed by atoms with E-state index < -0.39 is 0 Å². The van der Waals surface area contributed by atoms with Crippen LogP contribution in [-0.2, 0) is 18.3 Å². The van der Waals surface area contributed by atoms with Crippen molar-refractivity contribution >= 4 is 50.8 Å². The fourth-order valence-electron chi connectivity index (χ4n) is 4.15. The number of para-hydroxylation sites is 1. The van der Waals surface area contributed by atoms with Crippen molar-refractivity contribution in [3.8, 4) is 17.2 Å². The molecule has 0 saturated carbocycles. The lowest BCUT2D eigenvalue weighted by Crippen LogP contribution is -2.25. The Morgan fingerprint density at radius 3 is 2.61 bits per heavy atom. The molecule has 5 rings (SSSR count). The minimum absolute atomic E-state index is 0.453. The number of halogens is 1. The summed E-state index contributed by atoms with van der Waals surface area (Å²) >= 11 is 3.46. The first-order valence-corrected chi connectivity index (χ1v) is 12.8. The van der Waals surface area contributed by atoms with Crippen LogP contribution < -0.4 is 19.7 Å². The number of imidazole rings is 1. The molecule has 2 aromatic heterocycles. The molecule has 0 unspecified atom stereocenters. The average molecular weight is 572 g/mol. The molecule has 1 amide bonds. The first-order valence-electron chi connectivity index (χ1n) is 12.0. The Kier molecular flexibility index (Phi) is 7.55. The number of hydrogen-bond donors (Lipinski definition) is 1. The molecule has 0 bridgehead atoms. The quantitative estimate of drug-likeness (QED) is 0.193. The highest BCUT2D eigenvalue weighted by atomic mass is 79.9. The second-order valence-electron chi connectivity index (χ2n) is 8.59. The van der Waals surface area contributed by atoms with E-state index in [2.05, 4.69) is 26.2 Å².